The standard InChI is InChI=1S/C12H14ClN3O3.ClH/c13-9-4-1-5-10(16(18)19)11(9)12(17)15-7-8-3-2-6-14-8;/h1,4-5,8,14H,2-3,6-7H2,(H,15,17);1H. The van der Waals surface area contributed by atoms with Gasteiger partial charge in [-0.3, -0.25) is 14.9 Å². The highest BCUT2D eigenvalue weighted by Crippen LogP contribution is 2.25. The van der Waals surface area contributed by atoms with Crippen LogP contribution in [-0.4, -0.2) is 30.0 Å². The Morgan fingerprint density at radius 3 is 2.90 bits per heavy atom. The highest BCUT2D eigenvalue weighted by molar-refractivity contribution is 6.34. The first kappa shape index (κ1) is 16.7. The Bertz CT molecular complexity index is 505. The van der Waals surface area contributed by atoms with E-state index in [0.29, 0.717) is 6.54 Å². The van der Waals surface area contributed by atoms with Crippen LogP contribution < -0.4 is 10.6 Å². The molecule has 0 radical (unpaired) electrons. The molecule has 1 heterocycles. The van der Waals surface area contributed by atoms with E-state index in [2.05, 4.69) is 10.6 Å². The van der Waals surface area contributed by atoms with Crippen LogP contribution in [0, 0.1) is 10.1 Å². The number of nitro benzene ring substituents is 1. The van der Waals surface area contributed by atoms with Gasteiger partial charge < -0.3 is 10.6 Å². The lowest BCUT2D eigenvalue weighted by Gasteiger charge is -2.12. The molecule has 1 amide bonds. The van der Waals surface area contributed by atoms with Gasteiger partial charge in [-0.15, -0.1) is 12.4 Å². The maximum Gasteiger partial charge on any atom is 0.283 e. The number of nitro groups is 1. The van der Waals surface area contributed by atoms with Crippen molar-refractivity contribution in [1.82, 2.24) is 10.6 Å². The molecule has 110 valence electrons. The lowest BCUT2D eigenvalue weighted by atomic mass is 10.1. The van der Waals surface area contributed by atoms with Crippen LogP contribution in [0.1, 0.15) is 23.2 Å². The second kappa shape index (κ2) is 7.42. The molecule has 2 rings (SSSR count). The number of hydrogen-bond donors (Lipinski definition) is 2. The maximum absolute atomic E-state index is 12.0. The molecule has 0 aromatic heterocycles. The molecule has 1 atom stereocenters. The topological polar surface area (TPSA) is 84.3 Å². The Balaban J connectivity index is 0.00000200. The summed E-state index contributed by atoms with van der Waals surface area (Å²) >= 11 is 5.88. The van der Waals surface area contributed by atoms with Gasteiger partial charge in [0, 0.05) is 18.7 Å². The summed E-state index contributed by atoms with van der Waals surface area (Å²) in [5.41, 5.74) is -0.350. The molecular weight excluding hydrogens is 305 g/mol. The third kappa shape index (κ3) is 3.82. The van der Waals surface area contributed by atoms with Crippen LogP contribution in [0.2, 0.25) is 5.02 Å². The lowest BCUT2D eigenvalue weighted by molar-refractivity contribution is -0.385. The van der Waals surface area contributed by atoms with Crippen LogP contribution in [0.5, 0.6) is 0 Å². The first-order valence-electron chi connectivity index (χ1n) is 6.04. The molecule has 6 nitrogen and oxygen atoms in total. The smallest absolute Gasteiger partial charge is 0.283 e. The van der Waals surface area contributed by atoms with Gasteiger partial charge in [-0.05, 0) is 25.5 Å². The van der Waals surface area contributed by atoms with Gasteiger partial charge in [-0.1, -0.05) is 17.7 Å². The Morgan fingerprint density at radius 1 is 1.55 bits per heavy atom. The van der Waals surface area contributed by atoms with E-state index in [1.807, 2.05) is 0 Å². The average molecular weight is 320 g/mol. The maximum atomic E-state index is 12.0. The molecule has 0 bridgehead atoms. The normalized spacial score (nSPS) is 17.4. The van der Waals surface area contributed by atoms with Gasteiger partial charge in [-0.2, -0.15) is 0 Å². The first-order valence-corrected chi connectivity index (χ1v) is 6.42. The summed E-state index contributed by atoms with van der Waals surface area (Å²) in [6.45, 7) is 1.38. The number of rotatable bonds is 4. The summed E-state index contributed by atoms with van der Waals surface area (Å²) in [6, 6.07) is 4.42. The molecule has 1 aliphatic heterocycles. The number of carbonyl (C=O) groups excluding carboxylic acids is 1. The predicted molar refractivity (Wildman–Crippen MR) is 78.7 cm³/mol. The Labute approximate surface area is 127 Å². The highest BCUT2D eigenvalue weighted by atomic mass is 35.5. The molecular formula is C12H15Cl2N3O3. The van der Waals surface area contributed by atoms with Crippen molar-refractivity contribution >= 4 is 35.6 Å². The largest absolute Gasteiger partial charge is 0.350 e. The second-order valence-corrected chi connectivity index (χ2v) is 4.80. The number of benzene rings is 1. The van der Waals surface area contributed by atoms with E-state index in [0.717, 1.165) is 19.4 Å². The minimum Gasteiger partial charge on any atom is -0.350 e. The van der Waals surface area contributed by atoms with E-state index >= 15 is 0 Å². The molecule has 0 spiro atoms. The Kier molecular flexibility index (Phi) is 6.19. The third-order valence-electron chi connectivity index (χ3n) is 3.09. The quantitative estimate of drug-likeness (QED) is 0.658. The number of halogens is 2. The van der Waals surface area contributed by atoms with E-state index in [1.54, 1.807) is 0 Å². The van der Waals surface area contributed by atoms with Crippen molar-refractivity contribution in [2.24, 2.45) is 0 Å². The summed E-state index contributed by atoms with van der Waals surface area (Å²) in [5, 5.41) is 16.9. The van der Waals surface area contributed by atoms with Crippen LogP contribution in [0.3, 0.4) is 0 Å². The molecule has 0 aliphatic carbocycles. The van der Waals surface area contributed by atoms with Crippen LogP contribution in [0.4, 0.5) is 5.69 Å². The van der Waals surface area contributed by atoms with Crippen molar-refractivity contribution in [2.75, 3.05) is 13.1 Å². The van der Waals surface area contributed by atoms with Crippen molar-refractivity contribution in [2.45, 2.75) is 18.9 Å². The van der Waals surface area contributed by atoms with Gasteiger partial charge in [0.1, 0.15) is 5.56 Å². The molecule has 0 saturated carbocycles. The number of nitrogens with zero attached hydrogens (tertiary/aromatic N) is 1. The molecule has 1 aromatic carbocycles. The lowest BCUT2D eigenvalue weighted by Crippen LogP contribution is -2.37. The zero-order chi connectivity index (χ0) is 13.8. The summed E-state index contributed by atoms with van der Waals surface area (Å²) in [6.07, 6.45) is 2.07. The monoisotopic (exact) mass is 319 g/mol. The molecule has 1 aromatic rings. The summed E-state index contributed by atoms with van der Waals surface area (Å²) in [7, 11) is 0. The van der Waals surface area contributed by atoms with Crippen LogP contribution in [-0.2, 0) is 0 Å². The summed E-state index contributed by atoms with van der Waals surface area (Å²) < 4.78 is 0. The average Bonchev–Trinajstić information content (AvgIpc) is 2.88. The molecule has 1 aliphatic rings. The van der Waals surface area contributed by atoms with Crippen molar-refractivity contribution in [3.63, 3.8) is 0 Å². The fourth-order valence-corrected chi connectivity index (χ4v) is 2.38. The molecule has 2 N–H and O–H groups in total. The number of carbonyl (C=O) groups is 1. The van der Waals surface area contributed by atoms with Gasteiger partial charge in [-0.25, -0.2) is 0 Å². The van der Waals surface area contributed by atoms with Crippen LogP contribution in [0.25, 0.3) is 0 Å². The van der Waals surface area contributed by atoms with Gasteiger partial charge in [0.15, 0.2) is 0 Å². The fraction of sp³-hybridized carbons (Fsp3) is 0.417. The Hall–Kier alpha value is -1.37. The van der Waals surface area contributed by atoms with Gasteiger partial charge in [0.25, 0.3) is 11.6 Å². The predicted octanol–water partition coefficient (Wildman–Crippen LogP) is 2.15. The van der Waals surface area contributed by atoms with Gasteiger partial charge in [0.2, 0.25) is 0 Å². The number of hydrogen-bond acceptors (Lipinski definition) is 4. The summed E-state index contributed by atoms with van der Waals surface area (Å²) in [4.78, 5) is 22.3. The van der Waals surface area contributed by atoms with E-state index < -0.39 is 10.8 Å². The first-order chi connectivity index (χ1) is 9.09. The molecule has 1 saturated heterocycles. The molecule has 1 fully saturated rings. The zero-order valence-corrected chi connectivity index (χ0v) is 12.2. The third-order valence-corrected chi connectivity index (χ3v) is 3.40. The SMILES string of the molecule is Cl.O=C(NCC1CCCN1)c1c(Cl)cccc1[N+](=O)[O-]. The fourth-order valence-electron chi connectivity index (χ4n) is 2.12. The van der Waals surface area contributed by atoms with Crippen molar-refractivity contribution in [1.29, 1.82) is 0 Å². The van der Waals surface area contributed by atoms with E-state index in [1.165, 1.54) is 18.2 Å². The van der Waals surface area contributed by atoms with E-state index in [-0.39, 0.29) is 34.7 Å². The minimum atomic E-state index is -0.603. The molecule has 20 heavy (non-hydrogen) atoms. The molecule has 8 heteroatoms. The number of nitrogens with one attached hydrogen (secondary N) is 2. The highest BCUT2D eigenvalue weighted by Gasteiger charge is 2.24. The Morgan fingerprint density at radius 2 is 2.30 bits per heavy atom. The van der Waals surface area contributed by atoms with Crippen molar-refractivity contribution < 1.29 is 9.72 Å². The second-order valence-electron chi connectivity index (χ2n) is 4.39. The minimum absolute atomic E-state index is 0. The van der Waals surface area contributed by atoms with Crippen LogP contribution in [0.15, 0.2) is 18.2 Å². The van der Waals surface area contributed by atoms with Crippen molar-refractivity contribution in [3.8, 4) is 0 Å². The van der Waals surface area contributed by atoms with Gasteiger partial charge in [0.05, 0.1) is 9.95 Å². The van der Waals surface area contributed by atoms with Crippen molar-refractivity contribution in [3.05, 3.63) is 38.9 Å². The summed E-state index contributed by atoms with van der Waals surface area (Å²) in [5.74, 6) is -0.508. The van der Waals surface area contributed by atoms with E-state index in [9.17, 15) is 14.9 Å². The van der Waals surface area contributed by atoms with E-state index in [4.69, 9.17) is 11.6 Å². The number of amides is 1. The van der Waals surface area contributed by atoms with Crippen LogP contribution >= 0.6 is 24.0 Å². The molecule has 1 unspecified atom stereocenters. The zero-order valence-electron chi connectivity index (χ0n) is 10.6. The van der Waals surface area contributed by atoms with Gasteiger partial charge >= 0.3 is 0 Å².